The minimum atomic E-state index is -4.15. The Bertz CT molecular complexity index is 1670. The zero-order valence-corrected chi connectivity index (χ0v) is 19.7. The molecule has 0 aliphatic carbocycles. The predicted octanol–water partition coefficient (Wildman–Crippen LogP) is 6.21. The second kappa shape index (κ2) is 9.05. The van der Waals surface area contributed by atoms with Crippen LogP contribution in [0.25, 0.3) is 21.9 Å². The quantitative estimate of drug-likeness (QED) is 0.295. The summed E-state index contributed by atoms with van der Waals surface area (Å²) in [7, 11) is -4.15. The Kier molecular flexibility index (Phi) is 5.92. The second-order valence-electron chi connectivity index (χ2n) is 7.78. The first-order chi connectivity index (χ1) is 16.8. The van der Waals surface area contributed by atoms with Gasteiger partial charge in [0.1, 0.15) is 23.5 Å². The van der Waals surface area contributed by atoms with Crippen LogP contribution in [0.15, 0.2) is 100 Å². The number of nitrogens with zero attached hydrogens (tertiary/aromatic N) is 1. The number of carbonyl (C=O) groups excluding carboxylic acids is 1. The van der Waals surface area contributed by atoms with Gasteiger partial charge in [0.05, 0.1) is 15.6 Å². The van der Waals surface area contributed by atoms with E-state index < -0.39 is 28.3 Å². The van der Waals surface area contributed by atoms with Gasteiger partial charge in [-0.05, 0) is 48.5 Å². The zero-order valence-electron chi connectivity index (χ0n) is 18.1. The summed E-state index contributed by atoms with van der Waals surface area (Å²) in [6.07, 6.45) is 0. The van der Waals surface area contributed by atoms with Crippen LogP contribution in [0.1, 0.15) is 0 Å². The fourth-order valence-corrected chi connectivity index (χ4v) is 5.42. The number of nitrogens with one attached hydrogen (secondary N) is 1. The first-order valence-electron chi connectivity index (χ1n) is 10.6. The van der Waals surface area contributed by atoms with Gasteiger partial charge in [0.15, 0.2) is 0 Å². The Morgan fingerprint density at radius 2 is 1.60 bits per heavy atom. The Hall–Kier alpha value is -3.88. The normalized spacial score (nSPS) is 11.6. The van der Waals surface area contributed by atoms with E-state index in [0.717, 1.165) is 26.7 Å². The lowest BCUT2D eigenvalue weighted by Gasteiger charge is -2.24. The average Bonchev–Trinajstić information content (AvgIpc) is 3.22. The van der Waals surface area contributed by atoms with E-state index in [1.54, 1.807) is 30.3 Å². The molecule has 0 aliphatic rings. The van der Waals surface area contributed by atoms with Crippen LogP contribution in [-0.4, -0.2) is 20.9 Å². The van der Waals surface area contributed by atoms with Crippen molar-refractivity contribution in [3.63, 3.8) is 0 Å². The molecule has 0 fully saturated rings. The van der Waals surface area contributed by atoms with Crippen molar-refractivity contribution >= 4 is 60.8 Å². The largest absolute Gasteiger partial charge is 0.456 e. The molecule has 1 heterocycles. The molecule has 0 aliphatic heterocycles. The SMILES string of the molecule is O=C(CN(c1ccc(F)c(Cl)c1)S(=O)(=O)c1ccccc1)Nc1ccc2c(c1)oc1ccccc12. The summed E-state index contributed by atoms with van der Waals surface area (Å²) < 4.78 is 47.3. The van der Waals surface area contributed by atoms with Crippen LogP contribution < -0.4 is 9.62 Å². The fraction of sp³-hybridized carbons (Fsp3) is 0.0385. The van der Waals surface area contributed by atoms with Crippen molar-refractivity contribution in [2.45, 2.75) is 4.90 Å². The van der Waals surface area contributed by atoms with Gasteiger partial charge in [-0.1, -0.05) is 48.0 Å². The summed E-state index contributed by atoms with van der Waals surface area (Å²) >= 11 is 5.90. The van der Waals surface area contributed by atoms with Crippen molar-refractivity contribution in [1.82, 2.24) is 0 Å². The van der Waals surface area contributed by atoms with Gasteiger partial charge in [-0.2, -0.15) is 0 Å². The van der Waals surface area contributed by atoms with Crippen molar-refractivity contribution in [1.29, 1.82) is 0 Å². The molecule has 1 amide bonds. The number of halogens is 2. The number of hydrogen-bond donors (Lipinski definition) is 1. The average molecular weight is 509 g/mol. The second-order valence-corrected chi connectivity index (χ2v) is 10.0. The maximum atomic E-state index is 13.7. The van der Waals surface area contributed by atoms with Gasteiger partial charge in [0.2, 0.25) is 5.91 Å². The van der Waals surface area contributed by atoms with E-state index >= 15 is 0 Å². The zero-order chi connectivity index (χ0) is 24.6. The number of rotatable bonds is 6. The lowest BCUT2D eigenvalue weighted by molar-refractivity contribution is -0.114. The fourth-order valence-electron chi connectivity index (χ4n) is 3.81. The van der Waals surface area contributed by atoms with Gasteiger partial charge in [-0.3, -0.25) is 9.10 Å². The van der Waals surface area contributed by atoms with Crippen LogP contribution in [0, 0.1) is 5.82 Å². The predicted molar refractivity (Wildman–Crippen MR) is 135 cm³/mol. The molecule has 5 rings (SSSR count). The number of anilines is 2. The smallest absolute Gasteiger partial charge is 0.264 e. The van der Waals surface area contributed by atoms with Crippen molar-refractivity contribution < 1.29 is 22.0 Å². The number of fused-ring (bicyclic) bond motifs is 3. The lowest BCUT2D eigenvalue weighted by atomic mass is 10.1. The van der Waals surface area contributed by atoms with Gasteiger partial charge in [-0.25, -0.2) is 12.8 Å². The van der Waals surface area contributed by atoms with Crippen molar-refractivity contribution in [3.05, 3.63) is 102 Å². The highest BCUT2D eigenvalue weighted by atomic mass is 35.5. The number of benzene rings is 4. The van der Waals surface area contributed by atoms with Crippen LogP contribution >= 0.6 is 11.6 Å². The molecule has 35 heavy (non-hydrogen) atoms. The third-order valence-corrected chi connectivity index (χ3v) is 7.55. The van der Waals surface area contributed by atoms with Gasteiger partial charge in [-0.15, -0.1) is 0 Å². The summed E-state index contributed by atoms with van der Waals surface area (Å²) in [4.78, 5) is 13.0. The number of sulfonamides is 1. The Morgan fingerprint density at radius 1 is 0.886 bits per heavy atom. The Morgan fingerprint density at radius 3 is 2.37 bits per heavy atom. The molecule has 176 valence electrons. The molecule has 1 N–H and O–H groups in total. The molecule has 6 nitrogen and oxygen atoms in total. The molecule has 1 aromatic heterocycles. The van der Waals surface area contributed by atoms with E-state index in [2.05, 4.69) is 5.32 Å². The van der Waals surface area contributed by atoms with Gasteiger partial charge < -0.3 is 9.73 Å². The van der Waals surface area contributed by atoms with E-state index in [9.17, 15) is 17.6 Å². The monoisotopic (exact) mass is 508 g/mol. The van der Waals surface area contributed by atoms with Crippen LogP contribution in [0.5, 0.6) is 0 Å². The number of para-hydroxylation sites is 1. The third kappa shape index (κ3) is 4.45. The minimum Gasteiger partial charge on any atom is -0.456 e. The highest BCUT2D eigenvalue weighted by molar-refractivity contribution is 7.92. The molecule has 4 aromatic carbocycles. The Balaban J connectivity index is 1.46. The summed E-state index contributed by atoms with van der Waals surface area (Å²) in [5.41, 5.74) is 1.81. The number of amides is 1. The third-order valence-electron chi connectivity index (χ3n) is 5.47. The summed E-state index contributed by atoms with van der Waals surface area (Å²) in [6, 6.07) is 24.0. The van der Waals surface area contributed by atoms with Crippen molar-refractivity contribution in [2.24, 2.45) is 0 Å². The summed E-state index contributed by atoms with van der Waals surface area (Å²) in [5.74, 6) is -1.29. The molecule has 0 saturated carbocycles. The molecule has 0 bridgehead atoms. The highest BCUT2D eigenvalue weighted by Crippen LogP contribution is 2.31. The van der Waals surface area contributed by atoms with Crippen LogP contribution in [0.3, 0.4) is 0 Å². The minimum absolute atomic E-state index is 0.0167. The number of furan rings is 1. The Labute approximate surface area is 205 Å². The first kappa shape index (κ1) is 22.9. The molecule has 0 atom stereocenters. The molecule has 5 aromatic rings. The number of carbonyl (C=O) groups is 1. The number of hydrogen-bond acceptors (Lipinski definition) is 4. The molecule has 0 saturated heterocycles. The topological polar surface area (TPSA) is 79.6 Å². The van der Waals surface area contributed by atoms with Gasteiger partial charge in [0.25, 0.3) is 10.0 Å². The van der Waals surface area contributed by atoms with Crippen molar-refractivity contribution in [3.8, 4) is 0 Å². The van der Waals surface area contributed by atoms with Crippen LogP contribution in [0.2, 0.25) is 5.02 Å². The van der Waals surface area contributed by atoms with Gasteiger partial charge >= 0.3 is 0 Å². The standard InChI is InChI=1S/C26H18ClFN2O4S/c27-22-15-18(11-13-23(22)28)30(35(32,33)19-6-2-1-3-7-19)16-26(31)29-17-10-12-21-20-8-4-5-9-24(20)34-25(21)14-17/h1-15H,16H2,(H,29,31). The van der Waals surface area contributed by atoms with Crippen molar-refractivity contribution in [2.75, 3.05) is 16.2 Å². The molecule has 9 heteroatoms. The van der Waals surface area contributed by atoms with Gasteiger partial charge in [0, 0.05) is 22.5 Å². The summed E-state index contributed by atoms with van der Waals surface area (Å²) in [6.45, 7) is -0.558. The highest BCUT2D eigenvalue weighted by Gasteiger charge is 2.28. The molecule has 0 unspecified atom stereocenters. The van der Waals surface area contributed by atoms with E-state index in [4.69, 9.17) is 16.0 Å². The maximum Gasteiger partial charge on any atom is 0.264 e. The van der Waals surface area contributed by atoms with E-state index in [1.807, 2.05) is 30.3 Å². The molecular weight excluding hydrogens is 491 g/mol. The van der Waals surface area contributed by atoms with E-state index in [-0.39, 0.29) is 15.6 Å². The maximum absolute atomic E-state index is 13.7. The lowest BCUT2D eigenvalue weighted by Crippen LogP contribution is -2.38. The molecular formula is C26H18ClFN2O4S. The van der Waals surface area contributed by atoms with E-state index in [1.165, 1.54) is 24.3 Å². The molecule has 0 spiro atoms. The van der Waals surface area contributed by atoms with E-state index in [0.29, 0.717) is 11.3 Å². The van der Waals surface area contributed by atoms with Crippen LogP contribution in [-0.2, 0) is 14.8 Å². The molecule has 0 radical (unpaired) electrons. The van der Waals surface area contributed by atoms with Crippen LogP contribution in [0.4, 0.5) is 15.8 Å². The summed E-state index contributed by atoms with van der Waals surface area (Å²) in [5, 5.41) is 4.31. The first-order valence-corrected chi connectivity index (χ1v) is 12.4.